The van der Waals surface area contributed by atoms with Crippen molar-refractivity contribution in [2.45, 2.75) is 0 Å². The van der Waals surface area contributed by atoms with Gasteiger partial charge in [-0.3, -0.25) is 0 Å². The maximum Gasteiger partial charge on any atom is 0.136 e. The summed E-state index contributed by atoms with van der Waals surface area (Å²) in [5.41, 5.74) is 12.0. The van der Waals surface area contributed by atoms with Crippen molar-refractivity contribution in [1.82, 2.24) is 0 Å². The van der Waals surface area contributed by atoms with Crippen molar-refractivity contribution >= 4 is 49.8 Å². The molecule has 1 aromatic heterocycles. The highest BCUT2D eigenvalue weighted by Crippen LogP contribution is 2.48. The maximum atomic E-state index is 6.49. The molecule has 0 spiro atoms. The van der Waals surface area contributed by atoms with Gasteiger partial charge in [-0.25, -0.2) is 0 Å². The van der Waals surface area contributed by atoms with E-state index in [1.807, 2.05) is 6.07 Å². The largest absolute Gasteiger partial charge is 0.456 e. The molecule has 8 aromatic carbocycles. The highest BCUT2D eigenvalue weighted by atomic mass is 16.3. The fourth-order valence-electron chi connectivity index (χ4n) is 6.97. The molecule has 0 saturated carbocycles. The molecule has 2 heteroatoms. The maximum absolute atomic E-state index is 6.49. The zero-order chi connectivity index (χ0) is 31.9. The molecule has 0 fully saturated rings. The molecule has 0 atom stereocenters. The monoisotopic (exact) mass is 613 g/mol. The van der Waals surface area contributed by atoms with Crippen LogP contribution in [0.25, 0.3) is 66.1 Å². The third-order valence-corrected chi connectivity index (χ3v) is 9.22. The molecule has 0 N–H and O–H groups in total. The number of benzene rings is 8. The summed E-state index contributed by atoms with van der Waals surface area (Å²) in [6, 6.07) is 67.0. The number of rotatable bonds is 6. The molecule has 0 unspecified atom stereocenters. The number of furan rings is 1. The van der Waals surface area contributed by atoms with Crippen molar-refractivity contribution in [2.75, 3.05) is 4.90 Å². The van der Waals surface area contributed by atoms with Gasteiger partial charge in [0.25, 0.3) is 0 Å². The average Bonchev–Trinajstić information content (AvgIpc) is 3.54. The Morgan fingerprint density at radius 1 is 0.354 bits per heavy atom. The average molecular weight is 614 g/mol. The Labute approximate surface area is 279 Å². The van der Waals surface area contributed by atoms with Crippen molar-refractivity contribution in [2.24, 2.45) is 0 Å². The summed E-state index contributed by atoms with van der Waals surface area (Å²) in [5, 5.41) is 4.62. The lowest BCUT2D eigenvalue weighted by molar-refractivity contribution is 0.669. The van der Waals surface area contributed by atoms with Crippen LogP contribution in [0.2, 0.25) is 0 Å². The number of anilines is 3. The minimum Gasteiger partial charge on any atom is -0.456 e. The van der Waals surface area contributed by atoms with E-state index in [9.17, 15) is 0 Å². The minimum atomic E-state index is 0.872. The first kappa shape index (κ1) is 27.9. The molecule has 0 amide bonds. The summed E-state index contributed by atoms with van der Waals surface area (Å²) in [5.74, 6) is 0. The fourth-order valence-corrected chi connectivity index (χ4v) is 6.97. The number of nitrogens with zero attached hydrogens (tertiary/aromatic N) is 1. The van der Waals surface area contributed by atoms with Crippen LogP contribution in [-0.4, -0.2) is 0 Å². The lowest BCUT2D eigenvalue weighted by Crippen LogP contribution is -2.11. The second-order valence-electron chi connectivity index (χ2n) is 12.2. The Kier molecular flexibility index (Phi) is 6.84. The fraction of sp³-hybridized carbons (Fsp3) is 0. The van der Waals surface area contributed by atoms with Gasteiger partial charge < -0.3 is 9.32 Å². The van der Waals surface area contributed by atoms with Crippen molar-refractivity contribution in [1.29, 1.82) is 0 Å². The molecule has 226 valence electrons. The lowest BCUT2D eigenvalue weighted by atomic mass is 9.93. The molecule has 0 saturated heterocycles. The normalized spacial score (nSPS) is 11.3. The molecule has 9 rings (SSSR count). The topological polar surface area (TPSA) is 16.4 Å². The molecule has 0 aliphatic rings. The van der Waals surface area contributed by atoms with E-state index in [1.165, 1.54) is 33.0 Å². The zero-order valence-electron chi connectivity index (χ0n) is 26.3. The van der Waals surface area contributed by atoms with Crippen molar-refractivity contribution in [3.8, 4) is 33.4 Å². The number of hydrogen-bond acceptors (Lipinski definition) is 2. The molecule has 1 heterocycles. The zero-order valence-corrected chi connectivity index (χ0v) is 26.3. The van der Waals surface area contributed by atoms with Crippen LogP contribution in [0.4, 0.5) is 17.1 Å². The predicted octanol–water partition coefficient (Wildman–Crippen LogP) is 13.2. The number of hydrogen-bond donors (Lipinski definition) is 0. The Morgan fingerprint density at radius 3 is 1.75 bits per heavy atom. The second-order valence-corrected chi connectivity index (χ2v) is 12.2. The molecule has 0 bridgehead atoms. The van der Waals surface area contributed by atoms with Gasteiger partial charge in [0.15, 0.2) is 0 Å². The summed E-state index contributed by atoms with van der Waals surface area (Å²) in [6.45, 7) is 0. The van der Waals surface area contributed by atoms with E-state index in [1.54, 1.807) is 0 Å². The van der Waals surface area contributed by atoms with E-state index < -0.39 is 0 Å². The third-order valence-electron chi connectivity index (χ3n) is 9.22. The van der Waals surface area contributed by atoms with Gasteiger partial charge in [0.2, 0.25) is 0 Å². The van der Waals surface area contributed by atoms with E-state index in [4.69, 9.17) is 4.42 Å². The van der Waals surface area contributed by atoms with Gasteiger partial charge >= 0.3 is 0 Å². The molecule has 0 aliphatic carbocycles. The van der Waals surface area contributed by atoms with E-state index in [0.717, 1.165) is 50.1 Å². The van der Waals surface area contributed by atoms with Crippen molar-refractivity contribution < 1.29 is 4.42 Å². The van der Waals surface area contributed by atoms with E-state index in [-0.39, 0.29) is 0 Å². The predicted molar refractivity (Wildman–Crippen MR) is 202 cm³/mol. The third kappa shape index (κ3) is 4.92. The van der Waals surface area contributed by atoms with Crippen LogP contribution in [0.3, 0.4) is 0 Å². The molecule has 2 nitrogen and oxygen atoms in total. The van der Waals surface area contributed by atoms with Gasteiger partial charge in [-0.2, -0.15) is 0 Å². The summed E-state index contributed by atoms with van der Waals surface area (Å²) in [7, 11) is 0. The van der Waals surface area contributed by atoms with Crippen LogP contribution >= 0.6 is 0 Å². The van der Waals surface area contributed by atoms with Gasteiger partial charge in [-0.05, 0) is 87.1 Å². The van der Waals surface area contributed by atoms with Crippen molar-refractivity contribution in [3.63, 3.8) is 0 Å². The molecule has 9 aromatic rings. The smallest absolute Gasteiger partial charge is 0.136 e. The first-order chi connectivity index (χ1) is 23.8. The number of fused-ring (bicyclic) bond motifs is 4. The number of para-hydroxylation sites is 1. The van der Waals surface area contributed by atoms with E-state index in [0.29, 0.717) is 0 Å². The Balaban J connectivity index is 1.36. The molecule has 48 heavy (non-hydrogen) atoms. The van der Waals surface area contributed by atoms with Gasteiger partial charge in [-0.15, -0.1) is 0 Å². The van der Waals surface area contributed by atoms with E-state index >= 15 is 0 Å². The summed E-state index contributed by atoms with van der Waals surface area (Å²) >= 11 is 0. The minimum absolute atomic E-state index is 0.872. The van der Waals surface area contributed by atoms with Gasteiger partial charge in [0.05, 0.1) is 5.69 Å². The standard InChI is InChI=1S/C46H31NO/c1-3-13-32(14-4-1)35-19-11-21-38(29-35)45-42(27-28-44-46(45)41-23-9-10-24-43(41)48-44)47(40-26-25-34-17-7-8-18-36(34)31-40)39-22-12-20-37(30-39)33-15-5-2-6-16-33/h1-31H. The molecular formula is C46H31NO. The van der Waals surface area contributed by atoms with Gasteiger partial charge in [-0.1, -0.05) is 140 Å². The van der Waals surface area contributed by atoms with Crippen molar-refractivity contribution in [3.05, 3.63) is 188 Å². The molecule has 0 radical (unpaired) electrons. The highest BCUT2D eigenvalue weighted by Gasteiger charge is 2.23. The summed E-state index contributed by atoms with van der Waals surface area (Å²) < 4.78 is 6.49. The van der Waals surface area contributed by atoms with Crippen LogP contribution in [0.1, 0.15) is 0 Å². The van der Waals surface area contributed by atoms with Gasteiger partial charge in [0, 0.05) is 27.7 Å². The van der Waals surface area contributed by atoms with Crippen LogP contribution in [-0.2, 0) is 0 Å². The van der Waals surface area contributed by atoms with Crippen LogP contribution in [0.5, 0.6) is 0 Å². The Bertz CT molecular complexity index is 2560. The van der Waals surface area contributed by atoms with Crippen LogP contribution in [0.15, 0.2) is 192 Å². The second kappa shape index (κ2) is 11.8. The van der Waals surface area contributed by atoms with Gasteiger partial charge in [0.1, 0.15) is 11.2 Å². The summed E-state index contributed by atoms with van der Waals surface area (Å²) in [4.78, 5) is 2.41. The Hall–Kier alpha value is -6.38. The van der Waals surface area contributed by atoms with E-state index in [2.05, 4.69) is 187 Å². The highest BCUT2D eigenvalue weighted by molar-refractivity contribution is 6.16. The molecular weight excluding hydrogens is 583 g/mol. The van der Waals surface area contributed by atoms with Crippen LogP contribution in [0, 0.1) is 0 Å². The first-order valence-corrected chi connectivity index (χ1v) is 16.3. The SMILES string of the molecule is c1ccc(-c2cccc(-c3c(N(c4cccc(-c5ccccc5)c4)c4ccc5ccccc5c4)ccc4oc5ccccc5c34)c2)cc1. The van der Waals surface area contributed by atoms with Crippen LogP contribution < -0.4 is 4.90 Å². The molecule has 0 aliphatic heterocycles. The summed E-state index contributed by atoms with van der Waals surface area (Å²) in [6.07, 6.45) is 0. The Morgan fingerprint density at radius 2 is 0.958 bits per heavy atom. The first-order valence-electron chi connectivity index (χ1n) is 16.3. The lowest BCUT2D eigenvalue weighted by Gasteiger charge is -2.29. The quantitative estimate of drug-likeness (QED) is 0.185.